The molecule has 0 saturated heterocycles. The molecule has 2 aromatic heterocycles. The third-order valence-corrected chi connectivity index (χ3v) is 12.7. The van der Waals surface area contributed by atoms with E-state index in [-0.39, 0.29) is 0 Å². The van der Waals surface area contributed by atoms with E-state index in [1.165, 1.54) is 33.4 Å². The van der Waals surface area contributed by atoms with Crippen LogP contribution in [0, 0.1) is 11.3 Å². The predicted molar refractivity (Wildman–Crippen MR) is 251 cm³/mol. The topological polar surface area (TPSA) is 75.3 Å². The van der Waals surface area contributed by atoms with E-state index in [1.54, 1.807) is 0 Å². The van der Waals surface area contributed by atoms with Crippen LogP contribution in [0.1, 0.15) is 27.8 Å². The van der Waals surface area contributed by atoms with Gasteiger partial charge in [-0.05, 0) is 126 Å². The minimum atomic E-state index is -0.604. The molecule has 2 aliphatic carbocycles. The first-order chi connectivity index (χ1) is 31.2. The van der Waals surface area contributed by atoms with Crippen molar-refractivity contribution in [3.8, 4) is 95.9 Å². The Kier molecular flexibility index (Phi) is 8.38. The molecular weight excluding hydrogens is 767 g/mol. The first-order valence-electron chi connectivity index (χ1n) is 21.1. The third-order valence-electron chi connectivity index (χ3n) is 12.7. The van der Waals surface area contributed by atoms with Crippen molar-refractivity contribution in [2.24, 2.45) is 0 Å². The molecule has 10 aromatic rings. The van der Waals surface area contributed by atoms with Crippen molar-refractivity contribution >= 4 is 0 Å². The van der Waals surface area contributed by atoms with E-state index in [2.05, 4.69) is 132 Å². The number of nitriles is 1. The van der Waals surface area contributed by atoms with E-state index >= 15 is 0 Å². The summed E-state index contributed by atoms with van der Waals surface area (Å²) in [5.41, 5.74) is 18.8. The summed E-state index contributed by atoms with van der Waals surface area (Å²) in [5, 5.41) is 10.2. The second-order valence-electron chi connectivity index (χ2n) is 16.1. The van der Waals surface area contributed by atoms with Gasteiger partial charge >= 0.3 is 0 Å². The molecule has 0 saturated carbocycles. The number of rotatable bonds is 6. The second kappa shape index (κ2) is 14.6. The molecule has 5 nitrogen and oxygen atoms in total. The molecule has 5 heteroatoms. The zero-order valence-corrected chi connectivity index (χ0v) is 33.9. The number of nitrogens with zero attached hydrogens (tertiary/aromatic N) is 5. The summed E-state index contributed by atoms with van der Waals surface area (Å²) < 4.78 is 0. The van der Waals surface area contributed by atoms with Gasteiger partial charge in [0.1, 0.15) is 0 Å². The van der Waals surface area contributed by atoms with Gasteiger partial charge in [0.15, 0.2) is 17.5 Å². The summed E-state index contributed by atoms with van der Waals surface area (Å²) in [4.78, 5) is 19.6. The van der Waals surface area contributed by atoms with Crippen LogP contribution in [0.15, 0.2) is 213 Å². The summed E-state index contributed by atoms with van der Waals surface area (Å²) in [5.74, 6) is 1.81. The Morgan fingerprint density at radius 1 is 0.317 bits per heavy atom. The quantitative estimate of drug-likeness (QED) is 0.167. The highest BCUT2D eigenvalue weighted by molar-refractivity contribution is 5.96. The van der Waals surface area contributed by atoms with Gasteiger partial charge in [-0.25, -0.2) is 15.0 Å². The molecule has 0 fully saturated rings. The standard InChI is InChI=1S/C58H35N5/c59-36-37-19-25-49-50-26-24-43(35-54(50)58(53(49)31-37)51-17-9-7-15-47(51)48-16-8-10-18-52(48)58)45-32-44(39-22-20-38(21-23-39)40-27-29-60-30-28-40)33-46(34-45)57-62-55(41-11-3-1-4-12-41)61-56(63-57)42-13-5-2-6-14-42/h1-35H. The first kappa shape index (κ1) is 36.3. The van der Waals surface area contributed by atoms with Crippen molar-refractivity contribution in [3.63, 3.8) is 0 Å². The molecule has 63 heavy (non-hydrogen) atoms. The molecule has 0 atom stereocenters. The van der Waals surface area contributed by atoms with E-state index in [0.717, 1.165) is 61.2 Å². The minimum Gasteiger partial charge on any atom is -0.265 e. The molecule has 0 N–H and O–H groups in total. The Bertz CT molecular complexity index is 3340. The fourth-order valence-electron chi connectivity index (χ4n) is 9.82. The summed E-state index contributed by atoms with van der Waals surface area (Å²) in [6, 6.07) is 72.7. The zero-order chi connectivity index (χ0) is 41.9. The highest BCUT2D eigenvalue weighted by Crippen LogP contribution is 2.63. The monoisotopic (exact) mass is 801 g/mol. The van der Waals surface area contributed by atoms with Crippen LogP contribution in [0.25, 0.3) is 89.8 Å². The lowest BCUT2D eigenvalue weighted by Crippen LogP contribution is -2.26. The van der Waals surface area contributed by atoms with E-state index in [9.17, 15) is 5.26 Å². The van der Waals surface area contributed by atoms with Crippen molar-refractivity contribution in [2.75, 3.05) is 0 Å². The van der Waals surface area contributed by atoms with Gasteiger partial charge in [0.25, 0.3) is 0 Å². The molecule has 0 amide bonds. The van der Waals surface area contributed by atoms with Crippen LogP contribution in [0.2, 0.25) is 0 Å². The Labute approximate surface area is 365 Å². The highest BCUT2D eigenvalue weighted by atomic mass is 15.0. The lowest BCUT2D eigenvalue weighted by atomic mass is 9.70. The van der Waals surface area contributed by atoms with Gasteiger partial charge in [-0.3, -0.25) is 4.98 Å². The van der Waals surface area contributed by atoms with Gasteiger partial charge in [-0.15, -0.1) is 0 Å². The number of pyridine rings is 1. The summed E-state index contributed by atoms with van der Waals surface area (Å²) in [6.45, 7) is 0. The maximum absolute atomic E-state index is 10.2. The summed E-state index contributed by atoms with van der Waals surface area (Å²) >= 11 is 0. The fraction of sp³-hybridized carbons (Fsp3) is 0.0172. The largest absolute Gasteiger partial charge is 0.265 e. The molecular formula is C58H35N5. The fourth-order valence-corrected chi connectivity index (χ4v) is 9.82. The van der Waals surface area contributed by atoms with Crippen LogP contribution in [0.4, 0.5) is 0 Å². The smallest absolute Gasteiger partial charge is 0.164 e. The molecule has 0 aliphatic heterocycles. The van der Waals surface area contributed by atoms with Gasteiger partial charge in [0.2, 0.25) is 0 Å². The van der Waals surface area contributed by atoms with Crippen LogP contribution in [0.5, 0.6) is 0 Å². The van der Waals surface area contributed by atoms with Crippen LogP contribution >= 0.6 is 0 Å². The van der Waals surface area contributed by atoms with Crippen molar-refractivity contribution in [3.05, 3.63) is 240 Å². The van der Waals surface area contributed by atoms with Gasteiger partial charge in [0.05, 0.1) is 17.0 Å². The average molecular weight is 802 g/mol. The number of hydrogen-bond acceptors (Lipinski definition) is 5. The van der Waals surface area contributed by atoms with E-state index in [1.807, 2.05) is 91.3 Å². The van der Waals surface area contributed by atoms with Gasteiger partial charge < -0.3 is 0 Å². The zero-order valence-electron chi connectivity index (χ0n) is 33.9. The van der Waals surface area contributed by atoms with Crippen LogP contribution in [-0.4, -0.2) is 19.9 Å². The Hall–Kier alpha value is -8.59. The highest BCUT2D eigenvalue weighted by Gasteiger charge is 2.51. The van der Waals surface area contributed by atoms with Gasteiger partial charge in [0, 0.05) is 29.1 Å². The summed E-state index contributed by atoms with van der Waals surface area (Å²) in [6.07, 6.45) is 3.65. The van der Waals surface area contributed by atoms with Crippen molar-refractivity contribution in [1.29, 1.82) is 5.26 Å². The number of hydrogen-bond donors (Lipinski definition) is 0. The molecule has 12 rings (SSSR count). The predicted octanol–water partition coefficient (Wildman–Crippen LogP) is 13.5. The van der Waals surface area contributed by atoms with E-state index in [0.29, 0.717) is 23.0 Å². The molecule has 0 radical (unpaired) electrons. The Morgan fingerprint density at radius 3 is 1.33 bits per heavy atom. The van der Waals surface area contributed by atoms with Crippen molar-refractivity contribution in [1.82, 2.24) is 19.9 Å². The first-order valence-corrected chi connectivity index (χ1v) is 21.1. The maximum atomic E-state index is 10.2. The molecule has 292 valence electrons. The third kappa shape index (κ3) is 5.84. The Morgan fingerprint density at radius 2 is 0.746 bits per heavy atom. The number of aromatic nitrogens is 4. The lowest BCUT2D eigenvalue weighted by Gasteiger charge is -2.30. The van der Waals surface area contributed by atoms with Crippen LogP contribution in [-0.2, 0) is 5.41 Å². The Balaban J connectivity index is 1.09. The molecule has 1 spiro atoms. The average Bonchev–Trinajstić information content (AvgIpc) is 3.83. The number of fused-ring (bicyclic) bond motifs is 10. The minimum absolute atomic E-state index is 0.590. The molecule has 0 unspecified atom stereocenters. The normalized spacial score (nSPS) is 12.6. The molecule has 2 aliphatic rings. The molecule has 2 heterocycles. The summed E-state index contributed by atoms with van der Waals surface area (Å²) in [7, 11) is 0. The number of benzene rings is 8. The second-order valence-corrected chi connectivity index (χ2v) is 16.1. The van der Waals surface area contributed by atoms with Gasteiger partial charge in [-0.1, -0.05) is 152 Å². The van der Waals surface area contributed by atoms with Crippen LogP contribution in [0.3, 0.4) is 0 Å². The van der Waals surface area contributed by atoms with Crippen molar-refractivity contribution < 1.29 is 0 Å². The van der Waals surface area contributed by atoms with Gasteiger partial charge in [-0.2, -0.15) is 5.26 Å². The van der Waals surface area contributed by atoms with E-state index in [4.69, 9.17) is 15.0 Å². The van der Waals surface area contributed by atoms with E-state index < -0.39 is 5.41 Å². The van der Waals surface area contributed by atoms with Crippen LogP contribution < -0.4 is 0 Å². The SMILES string of the molecule is N#Cc1ccc2c(c1)C1(c3ccccc3-c3ccccc31)c1cc(-c3cc(-c4ccc(-c5ccncc5)cc4)cc(-c4nc(-c5ccccc5)nc(-c5ccccc5)n4)c3)ccc1-2. The molecule has 0 bridgehead atoms. The lowest BCUT2D eigenvalue weighted by molar-refractivity contribution is 0.793. The molecule has 8 aromatic carbocycles. The van der Waals surface area contributed by atoms with Crippen molar-refractivity contribution in [2.45, 2.75) is 5.41 Å². The maximum Gasteiger partial charge on any atom is 0.164 e.